The Labute approximate surface area is 174 Å². The summed E-state index contributed by atoms with van der Waals surface area (Å²) in [5.41, 5.74) is 1.67. The van der Waals surface area contributed by atoms with Gasteiger partial charge < -0.3 is 24.4 Å². The molecule has 7 nitrogen and oxygen atoms in total. The Balaban J connectivity index is 1.69. The zero-order chi connectivity index (χ0) is 20.6. The van der Waals surface area contributed by atoms with Crippen molar-refractivity contribution in [2.45, 2.75) is 6.92 Å². The third-order valence-electron chi connectivity index (χ3n) is 4.31. The summed E-state index contributed by atoms with van der Waals surface area (Å²) in [6, 6.07) is 11.9. The second-order valence-electron chi connectivity index (χ2n) is 6.34. The van der Waals surface area contributed by atoms with Gasteiger partial charge >= 0.3 is 5.97 Å². The molecule has 0 aliphatic carbocycles. The first-order valence-corrected chi connectivity index (χ1v) is 9.76. The van der Waals surface area contributed by atoms with Crippen LogP contribution in [0.2, 0.25) is 5.02 Å². The molecule has 0 radical (unpaired) electrons. The van der Waals surface area contributed by atoms with Crippen molar-refractivity contribution >= 4 is 34.9 Å². The number of carbonyl (C=O) groups is 2. The number of morpholine rings is 1. The predicted molar refractivity (Wildman–Crippen MR) is 111 cm³/mol. The lowest BCUT2D eigenvalue weighted by Gasteiger charge is -2.30. The van der Waals surface area contributed by atoms with Crippen molar-refractivity contribution in [1.29, 1.82) is 0 Å². The first-order chi connectivity index (χ1) is 14.1. The number of nitrogens with zero attached hydrogens (tertiary/aromatic N) is 1. The summed E-state index contributed by atoms with van der Waals surface area (Å²) in [6.45, 7) is 4.44. The molecule has 154 valence electrons. The van der Waals surface area contributed by atoms with E-state index in [9.17, 15) is 9.59 Å². The number of rotatable bonds is 7. The van der Waals surface area contributed by atoms with Crippen molar-refractivity contribution in [1.82, 2.24) is 0 Å². The molecule has 8 heteroatoms. The van der Waals surface area contributed by atoms with Crippen LogP contribution in [0.3, 0.4) is 0 Å². The molecule has 0 aromatic heterocycles. The van der Waals surface area contributed by atoms with Crippen molar-refractivity contribution in [3.63, 3.8) is 0 Å². The van der Waals surface area contributed by atoms with Gasteiger partial charge in [-0.15, -0.1) is 0 Å². The molecule has 0 bridgehead atoms. The fourth-order valence-electron chi connectivity index (χ4n) is 2.94. The lowest BCUT2D eigenvalue weighted by molar-refractivity contribution is -0.118. The van der Waals surface area contributed by atoms with Crippen LogP contribution in [0.15, 0.2) is 42.5 Å². The third-order valence-corrected chi connectivity index (χ3v) is 4.56. The Kier molecular flexibility index (Phi) is 7.32. The van der Waals surface area contributed by atoms with E-state index in [1.54, 1.807) is 43.3 Å². The highest BCUT2D eigenvalue weighted by atomic mass is 35.5. The van der Waals surface area contributed by atoms with E-state index >= 15 is 0 Å². The lowest BCUT2D eigenvalue weighted by atomic mass is 10.1. The molecule has 1 N–H and O–H groups in total. The molecule has 1 fully saturated rings. The summed E-state index contributed by atoms with van der Waals surface area (Å²) in [6.07, 6.45) is 0. The minimum Gasteiger partial charge on any atom is -0.484 e. The maximum Gasteiger partial charge on any atom is 0.340 e. The van der Waals surface area contributed by atoms with Crippen LogP contribution in [-0.4, -0.2) is 51.4 Å². The maximum atomic E-state index is 12.5. The summed E-state index contributed by atoms with van der Waals surface area (Å²) in [4.78, 5) is 26.8. The predicted octanol–water partition coefficient (Wildman–Crippen LogP) is 3.37. The van der Waals surface area contributed by atoms with Crippen molar-refractivity contribution in [3.05, 3.63) is 53.1 Å². The highest BCUT2D eigenvalue weighted by Crippen LogP contribution is 2.26. The molecule has 2 aromatic carbocycles. The van der Waals surface area contributed by atoms with Gasteiger partial charge in [0.25, 0.3) is 5.91 Å². The Hall–Kier alpha value is -2.77. The summed E-state index contributed by atoms with van der Waals surface area (Å²) in [7, 11) is 0. The fourth-order valence-corrected chi connectivity index (χ4v) is 3.07. The zero-order valence-electron chi connectivity index (χ0n) is 16.2. The minimum atomic E-state index is -0.428. The van der Waals surface area contributed by atoms with E-state index in [1.165, 1.54) is 0 Å². The van der Waals surface area contributed by atoms with Gasteiger partial charge in [0.1, 0.15) is 5.75 Å². The standard InChI is InChI=1S/C21H23ClN2O5/c1-2-28-21(26)18-13-16(5-8-19(18)24-9-11-27-12-10-24)23-20(25)14-29-17-6-3-15(22)4-7-17/h3-8,13H,2,9-12,14H2,1H3,(H,23,25). The number of anilines is 2. The molecule has 29 heavy (non-hydrogen) atoms. The monoisotopic (exact) mass is 418 g/mol. The number of carbonyl (C=O) groups excluding carboxylic acids is 2. The zero-order valence-corrected chi connectivity index (χ0v) is 16.9. The average Bonchev–Trinajstić information content (AvgIpc) is 2.74. The van der Waals surface area contributed by atoms with Crippen LogP contribution in [0, 0.1) is 0 Å². The molecule has 1 heterocycles. The average molecular weight is 419 g/mol. The van der Waals surface area contributed by atoms with Crippen LogP contribution in [0.25, 0.3) is 0 Å². The van der Waals surface area contributed by atoms with E-state index in [2.05, 4.69) is 10.2 Å². The second kappa shape index (κ2) is 10.1. The highest BCUT2D eigenvalue weighted by molar-refractivity contribution is 6.30. The first-order valence-electron chi connectivity index (χ1n) is 9.39. The highest BCUT2D eigenvalue weighted by Gasteiger charge is 2.20. The van der Waals surface area contributed by atoms with Crippen molar-refractivity contribution in [2.75, 3.05) is 49.7 Å². The molecular weight excluding hydrogens is 396 g/mol. The van der Waals surface area contributed by atoms with E-state index in [1.807, 2.05) is 6.07 Å². The van der Waals surface area contributed by atoms with Gasteiger partial charge in [0.15, 0.2) is 6.61 Å². The van der Waals surface area contributed by atoms with Crippen LogP contribution in [-0.2, 0) is 14.3 Å². The molecule has 0 unspecified atom stereocenters. The van der Waals surface area contributed by atoms with Gasteiger partial charge in [0, 0.05) is 23.8 Å². The number of halogens is 1. The van der Waals surface area contributed by atoms with Crippen LogP contribution >= 0.6 is 11.6 Å². The van der Waals surface area contributed by atoms with Gasteiger partial charge in [0.05, 0.1) is 31.1 Å². The van der Waals surface area contributed by atoms with E-state index in [-0.39, 0.29) is 19.1 Å². The first kappa shape index (κ1) is 21.0. The lowest BCUT2D eigenvalue weighted by Crippen LogP contribution is -2.37. The Morgan fingerprint density at radius 2 is 1.86 bits per heavy atom. The Morgan fingerprint density at radius 1 is 1.14 bits per heavy atom. The second-order valence-corrected chi connectivity index (χ2v) is 6.78. The maximum absolute atomic E-state index is 12.5. The Bertz CT molecular complexity index is 851. The van der Waals surface area contributed by atoms with Crippen molar-refractivity contribution < 1.29 is 23.8 Å². The number of amides is 1. The van der Waals surface area contributed by atoms with E-state index in [4.69, 9.17) is 25.8 Å². The van der Waals surface area contributed by atoms with Gasteiger partial charge in [-0.2, -0.15) is 0 Å². The molecule has 3 rings (SSSR count). The molecular formula is C21H23ClN2O5. The number of nitrogens with one attached hydrogen (secondary N) is 1. The van der Waals surface area contributed by atoms with Crippen LogP contribution in [0.5, 0.6) is 5.75 Å². The fraction of sp³-hybridized carbons (Fsp3) is 0.333. The van der Waals surface area contributed by atoms with Gasteiger partial charge in [-0.05, 0) is 49.4 Å². The summed E-state index contributed by atoms with van der Waals surface area (Å²) in [5, 5.41) is 3.34. The molecule has 0 spiro atoms. The largest absolute Gasteiger partial charge is 0.484 e. The number of hydrogen-bond acceptors (Lipinski definition) is 6. The number of hydrogen-bond donors (Lipinski definition) is 1. The van der Waals surface area contributed by atoms with Crippen LogP contribution < -0.4 is 15.0 Å². The number of ether oxygens (including phenoxy) is 3. The molecule has 0 saturated carbocycles. The quantitative estimate of drug-likeness (QED) is 0.695. The normalized spacial score (nSPS) is 13.7. The summed E-state index contributed by atoms with van der Waals surface area (Å²) < 4.78 is 16.0. The molecule has 1 aliphatic heterocycles. The summed E-state index contributed by atoms with van der Waals surface area (Å²) in [5.74, 6) is -0.226. The smallest absolute Gasteiger partial charge is 0.340 e. The third kappa shape index (κ3) is 5.85. The van der Waals surface area contributed by atoms with Gasteiger partial charge in [-0.25, -0.2) is 4.79 Å². The van der Waals surface area contributed by atoms with Crippen LogP contribution in [0.1, 0.15) is 17.3 Å². The minimum absolute atomic E-state index is 0.165. The summed E-state index contributed by atoms with van der Waals surface area (Å²) >= 11 is 5.83. The van der Waals surface area contributed by atoms with Crippen molar-refractivity contribution in [2.24, 2.45) is 0 Å². The van der Waals surface area contributed by atoms with Gasteiger partial charge in [0.2, 0.25) is 0 Å². The van der Waals surface area contributed by atoms with Gasteiger partial charge in [-0.1, -0.05) is 11.6 Å². The van der Waals surface area contributed by atoms with E-state index < -0.39 is 5.97 Å². The molecule has 2 aromatic rings. The van der Waals surface area contributed by atoms with Crippen molar-refractivity contribution in [3.8, 4) is 5.75 Å². The molecule has 1 saturated heterocycles. The number of benzene rings is 2. The molecule has 0 atom stereocenters. The van der Waals surface area contributed by atoms with Gasteiger partial charge in [-0.3, -0.25) is 4.79 Å². The topological polar surface area (TPSA) is 77.1 Å². The Morgan fingerprint density at radius 3 is 2.55 bits per heavy atom. The van der Waals surface area contributed by atoms with Crippen LogP contribution in [0.4, 0.5) is 11.4 Å². The SMILES string of the molecule is CCOC(=O)c1cc(NC(=O)COc2ccc(Cl)cc2)ccc1N1CCOCC1. The molecule has 1 aliphatic rings. The van der Waals surface area contributed by atoms with E-state index in [0.29, 0.717) is 48.3 Å². The van der Waals surface area contributed by atoms with E-state index in [0.717, 1.165) is 5.69 Å². The number of esters is 1. The molecule has 1 amide bonds.